The van der Waals surface area contributed by atoms with Crippen LogP contribution in [-0.4, -0.2) is 17.7 Å². The van der Waals surface area contributed by atoms with E-state index in [0.717, 1.165) is 17.7 Å². The molecule has 0 radical (unpaired) electrons. The Balaban J connectivity index is 2.34. The maximum atomic E-state index is 11.8. The number of rotatable bonds is 8. The molecule has 1 aromatic carbocycles. The average Bonchev–Trinajstić information content (AvgIpc) is 2.40. The van der Waals surface area contributed by atoms with Crippen LogP contribution < -0.4 is 11.1 Å². The Morgan fingerprint density at radius 1 is 1.45 bits per heavy atom. The molecule has 3 N–H and O–H groups in total. The number of benzene rings is 1. The van der Waals surface area contributed by atoms with E-state index in [1.807, 2.05) is 6.92 Å². The number of hydrogen-bond acceptors (Lipinski definition) is 3. The van der Waals surface area contributed by atoms with E-state index in [2.05, 4.69) is 12.2 Å². The molecule has 1 unspecified atom stereocenters. The largest absolute Gasteiger partial charge is 0.398 e. The number of anilines is 1. The van der Waals surface area contributed by atoms with Gasteiger partial charge in [0.05, 0.1) is 5.75 Å². The Hall–Kier alpha value is -0.870. The van der Waals surface area contributed by atoms with Crippen molar-refractivity contribution in [2.24, 2.45) is 0 Å². The number of carbonyl (C=O) groups is 1. The highest BCUT2D eigenvalue weighted by molar-refractivity contribution is 8.00. The first-order valence-electron chi connectivity index (χ1n) is 7.00. The highest BCUT2D eigenvalue weighted by Gasteiger charge is 2.09. The molecule has 0 heterocycles. The molecular formula is C15H23ClN2OS. The summed E-state index contributed by atoms with van der Waals surface area (Å²) in [7, 11) is 0. The lowest BCUT2D eigenvalue weighted by Gasteiger charge is -2.13. The van der Waals surface area contributed by atoms with Gasteiger partial charge in [-0.25, -0.2) is 0 Å². The van der Waals surface area contributed by atoms with Crippen LogP contribution in [0.1, 0.15) is 39.5 Å². The number of carbonyl (C=O) groups excluding carboxylic acids is 1. The van der Waals surface area contributed by atoms with Gasteiger partial charge in [0.15, 0.2) is 0 Å². The number of thioether (sulfide) groups is 1. The molecule has 1 atom stereocenters. The number of nitrogen functional groups attached to an aromatic ring is 1. The summed E-state index contributed by atoms with van der Waals surface area (Å²) in [5, 5.41) is 3.64. The maximum Gasteiger partial charge on any atom is 0.230 e. The molecular weight excluding hydrogens is 292 g/mol. The normalized spacial score (nSPS) is 12.2. The van der Waals surface area contributed by atoms with E-state index < -0.39 is 0 Å². The number of unbranched alkanes of at least 4 members (excludes halogenated alkanes) is 2. The smallest absolute Gasteiger partial charge is 0.230 e. The van der Waals surface area contributed by atoms with Gasteiger partial charge in [0.25, 0.3) is 0 Å². The molecule has 0 saturated carbocycles. The number of hydrogen-bond donors (Lipinski definition) is 2. The van der Waals surface area contributed by atoms with Crippen molar-refractivity contribution in [1.82, 2.24) is 5.32 Å². The third-order valence-electron chi connectivity index (χ3n) is 2.98. The van der Waals surface area contributed by atoms with Crippen LogP contribution in [0.3, 0.4) is 0 Å². The lowest BCUT2D eigenvalue weighted by molar-refractivity contribution is -0.119. The molecule has 5 heteroatoms. The van der Waals surface area contributed by atoms with Crippen molar-refractivity contribution < 1.29 is 4.79 Å². The second kappa shape index (κ2) is 9.14. The minimum atomic E-state index is 0.0402. The number of amides is 1. The summed E-state index contributed by atoms with van der Waals surface area (Å²) in [4.78, 5) is 12.7. The molecule has 20 heavy (non-hydrogen) atoms. The first-order chi connectivity index (χ1) is 9.52. The molecule has 3 nitrogen and oxygen atoms in total. The van der Waals surface area contributed by atoms with Crippen molar-refractivity contribution >= 4 is 35.0 Å². The Labute approximate surface area is 130 Å². The fourth-order valence-electron chi connectivity index (χ4n) is 1.87. The molecule has 1 amide bonds. The number of nitrogens with one attached hydrogen (secondary N) is 1. The van der Waals surface area contributed by atoms with E-state index in [9.17, 15) is 4.79 Å². The summed E-state index contributed by atoms with van der Waals surface area (Å²) in [6.07, 6.45) is 4.61. The van der Waals surface area contributed by atoms with Gasteiger partial charge in [0.2, 0.25) is 5.91 Å². The Bertz CT molecular complexity index is 440. The SMILES string of the molecule is CCCCCC(C)NC(=O)CSc1cc(Cl)ccc1N. The predicted molar refractivity (Wildman–Crippen MR) is 88.3 cm³/mol. The van der Waals surface area contributed by atoms with Crippen molar-refractivity contribution in [3.8, 4) is 0 Å². The van der Waals surface area contributed by atoms with E-state index in [1.165, 1.54) is 24.6 Å². The topological polar surface area (TPSA) is 55.1 Å². The van der Waals surface area contributed by atoms with Crippen molar-refractivity contribution in [1.29, 1.82) is 0 Å². The predicted octanol–water partition coefficient (Wildman–Crippen LogP) is 4.10. The maximum absolute atomic E-state index is 11.8. The first-order valence-corrected chi connectivity index (χ1v) is 8.36. The van der Waals surface area contributed by atoms with Crippen molar-refractivity contribution in [2.75, 3.05) is 11.5 Å². The van der Waals surface area contributed by atoms with Crippen molar-refractivity contribution in [2.45, 2.75) is 50.5 Å². The van der Waals surface area contributed by atoms with Crippen LogP contribution in [0, 0.1) is 0 Å². The van der Waals surface area contributed by atoms with E-state index in [-0.39, 0.29) is 11.9 Å². The fraction of sp³-hybridized carbons (Fsp3) is 0.533. The number of nitrogens with two attached hydrogens (primary N) is 1. The van der Waals surface area contributed by atoms with E-state index in [1.54, 1.807) is 18.2 Å². The Morgan fingerprint density at radius 2 is 2.20 bits per heavy atom. The van der Waals surface area contributed by atoms with Crippen molar-refractivity contribution in [3.63, 3.8) is 0 Å². The summed E-state index contributed by atoms with van der Waals surface area (Å²) in [5.41, 5.74) is 6.50. The zero-order valence-corrected chi connectivity index (χ0v) is 13.7. The third-order valence-corrected chi connectivity index (χ3v) is 4.29. The van der Waals surface area contributed by atoms with Gasteiger partial charge in [-0.05, 0) is 31.5 Å². The summed E-state index contributed by atoms with van der Waals surface area (Å²) in [6, 6.07) is 5.53. The molecule has 112 valence electrons. The zero-order valence-electron chi connectivity index (χ0n) is 12.1. The lowest BCUT2D eigenvalue weighted by atomic mass is 10.1. The standard InChI is InChI=1S/C15H23ClN2OS/c1-3-4-5-6-11(2)18-15(19)10-20-14-9-12(16)7-8-13(14)17/h7-9,11H,3-6,10,17H2,1-2H3,(H,18,19). The van der Waals surface area contributed by atoms with Gasteiger partial charge >= 0.3 is 0 Å². The minimum Gasteiger partial charge on any atom is -0.398 e. The third kappa shape index (κ3) is 6.53. The van der Waals surface area contributed by atoms with Crippen LogP contribution in [0.15, 0.2) is 23.1 Å². The Kier molecular flexibility index (Phi) is 7.85. The van der Waals surface area contributed by atoms with Crippen molar-refractivity contribution in [3.05, 3.63) is 23.2 Å². The quantitative estimate of drug-likeness (QED) is 0.431. The minimum absolute atomic E-state index is 0.0402. The highest BCUT2D eigenvalue weighted by Crippen LogP contribution is 2.27. The molecule has 0 aliphatic carbocycles. The monoisotopic (exact) mass is 314 g/mol. The van der Waals surface area contributed by atoms with Gasteiger partial charge in [-0.15, -0.1) is 11.8 Å². The average molecular weight is 315 g/mol. The summed E-state index contributed by atoms with van der Waals surface area (Å²) < 4.78 is 0. The molecule has 0 saturated heterocycles. The van der Waals surface area contributed by atoms with Gasteiger partial charge in [0.1, 0.15) is 0 Å². The molecule has 0 aromatic heterocycles. The highest BCUT2D eigenvalue weighted by atomic mass is 35.5. The second-order valence-corrected chi connectivity index (χ2v) is 6.39. The van der Waals surface area contributed by atoms with Crippen LogP contribution >= 0.6 is 23.4 Å². The van der Waals surface area contributed by atoms with E-state index in [0.29, 0.717) is 16.5 Å². The zero-order chi connectivity index (χ0) is 15.0. The summed E-state index contributed by atoms with van der Waals surface area (Å²) >= 11 is 7.34. The molecule has 0 fully saturated rings. The lowest BCUT2D eigenvalue weighted by Crippen LogP contribution is -2.33. The van der Waals surface area contributed by atoms with Crippen LogP contribution in [-0.2, 0) is 4.79 Å². The summed E-state index contributed by atoms with van der Waals surface area (Å²) in [6.45, 7) is 4.22. The van der Waals surface area contributed by atoms with Gasteiger partial charge in [-0.1, -0.05) is 37.8 Å². The van der Waals surface area contributed by atoms with E-state index in [4.69, 9.17) is 17.3 Å². The molecule has 1 aromatic rings. The molecule has 0 aliphatic rings. The van der Waals surface area contributed by atoms with Crippen LogP contribution in [0.2, 0.25) is 5.02 Å². The molecule has 0 bridgehead atoms. The number of halogens is 1. The first kappa shape index (κ1) is 17.2. The Morgan fingerprint density at radius 3 is 2.90 bits per heavy atom. The molecule has 0 spiro atoms. The van der Waals surface area contributed by atoms with Gasteiger partial charge < -0.3 is 11.1 Å². The van der Waals surface area contributed by atoms with Gasteiger partial charge in [-0.2, -0.15) is 0 Å². The van der Waals surface area contributed by atoms with Gasteiger partial charge in [0, 0.05) is 21.6 Å². The molecule has 1 rings (SSSR count). The fourth-order valence-corrected chi connectivity index (χ4v) is 2.92. The second-order valence-electron chi connectivity index (χ2n) is 4.94. The van der Waals surface area contributed by atoms with Crippen LogP contribution in [0.25, 0.3) is 0 Å². The molecule has 0 aliphatic heterocycles. The van der Waals surface area contributed by atoms with Crippen LogP contribution in [0.4, 0.5) is 5.69 Å². The summed E-state index contributed by atoms with van der Waals surface area (Å²) in [5.74, 6) is 0.404. The van der Waals surface area contributed by atoms with E-state index >= 15 is 0 Å². The van der Waals surface area contributed by atoms with Crippen LogP contribution in [0.5, 0.6) is 0 Å². The van der Waals surface area contributed by atoms with Gasteiger partial charge in [-0.3, -0.25) is 4.79 Å².